The fraction of sp³-hybridized carbons (Fsp3) is 0.188. The van der Waals surface area contributed by atoms with Gasteiger partial charge in [-0.25, -0.2) is 0 Å². The summed E-state index contributed by atoms with van der Waals surface area (Å²) < 4.78 is 5.20. The fourth-order valence-electron chi connectivity index (χ4n) is 1.75. The molecular weight excluding hydrogens is 254 g/mol. The van der Waals surface area contributed by atoms with E-state index in [0.717, 1.165) is 16.9 Å². The Hall–Kier alpha value is -2.33. The molecule has 0 bridgehead atoms. The van der Waals surface area contributed by atoms with Crippen LogP contribution in [0.25, 0.3) is 0 Å². The zero-order valence-corrected chi connectivity index (χ0v) is 11.3. The van der Waals surface area contributed by atoms with Crippen LogP contribution in [0.1, 0.15) is 17.2 Å². The predicted octanol–water partition coefficient (Wildman–Crippen LogP) is 2.78. The van der Waals surface area contributed by atoms with Crippen molar-refractivity contribution in [1.82, 2.24) is 0 Å². The van der Waals surface area contributed by atoms with Gasteiger partial charge in [0.2, 0.25) is 0 Å². The Morgan fingerprint density at radius 3 is 2.55 bits per heavy atom. The SMILES string of the molecule is COc1ccccc1/C=N/OC[C@H](O)c1ccccc1. The van der Waals surface area contributed by atoms with Gasteiger partial charge in [0.1, 0.15) is 18.5 Å². The molecule has 0 unspecified atom stereocenters. The second-order valence-corrected chi connectivity index (χ2v) is 4.20. The van der Waals surface area contributed by atoms with E-state index in [0.29, 0.717) is 0 Å². The van der Waals surface area contributed by atoms with Crippen LogP contribution in [-0.2, 0) is 4.84 Å². The molecule has 0 saturated heterocycles. The van der Waals surface area contributed by atoms with Crippen molar-refractivity contribution in [2.24, 2.45) is 5.16 Å². The summed E-state index contributed by atoms with van der Waals surface area (Å²) in [4.78, 5) is 5.12. The predicted molar refractivity (Wildman–Crippen MR) is 77.9 cm³/mol. The molecule has 2 rings (SSSR count). The maximum absolute atomic E-state index is 9.89. The molecule has 0 radical (unpaired) electrons. The molecule has 0 aliphatic rings. The summed E-state index contributed by atoms with van der Waals surface area (Å²) in [5.74, 6) is 0.725. The van der Waals surface area contributed by atoms with Crippen LogP contribution in [0.5, 0.6) is 5.75 Å². The molecule has 2 aromatic rings. The van der Waals surface area contributed by atoms with Crippen LogP contribution < -0.4 is 4.74 Å². The molecule has 0 aliphatic heterocycles. The molecule has 0 heterocycles. The van der Waals surface area contributed by atoms with Gasteiger partial charge in [0.15, 0.2) is 0 Å². The summed E-state index contributed by atoms with van der Waals surface area (Å²) in [7, 11) is 1.60. The average molecular weight is 271 g/mol. The van der Waals surface area contributed by atoms with E-state index < -0.39 is 6.10 Å². The van der Waals surface area contributed by atoms with Crippen LogP contribution in [0.15, 0.2) is 59.8 Å². The number of methoxy groups -OCH3 is 1. The number of oxime groups is 1. The van der Waals surface area contributed by atoms with Crippen molar-refractivity contribution in [2.75, 3.05) is 13.7 Å². The van der Waals surface area contributed by atoms with E-state index in [9.17, 15) is 5.11 Å². The third-order valence-electron chi connectivity index (χ3n) is 2.82. The summed E-state index contributed by atoms with van der Waals surface area (Å²) in [5.41, 5.74) is 1.63. The first-order valence-corrected chi connectivity index (χ1v) is 6.32. The summed E-state index contributed by atoms with van der Waals surface area (Å²) in [5, 5.41) is 13.7. The monoisotopic (exact) mass is 271 g/mol. The zero-order valence-electron chi connectivity index (χ0n) is 11.3. The highest BCUT2D eigenvalue weighted by molar-refractivity contribution is 5.82. The summed E-state index contributed by atoms with van der Waals surface area (Å²) >= 11 is 0. The second kappa shape index (κ2) is 7.31. The fourth-order valence-corrected chi connectivity index (χ4v) is 1.75. The number of hydrogen-bond acceptors (Lipinski definition) is 4. The highest BCUT2D eigenvalue weighted by atomic mass is 16.6. The van der Waals surface area contributed by atoms with Crippen molar-refractivity contribution in [2.45, 2.75) is 6.10 Å². The van der Waals surface area contributed by atoms with Gasteiger partial charge < -0.3 is 14.7 Å². The number of para-hydroxylation sites is 1. The number of benzene rings is 2. The van der Waals surface area contributed by atoms with Crippen molar-refractivity contribution in [3.8, 4) is 5.75 Å². The van der Waals surface area contributed by atoms with E-state index in [2.05, 4.69) is 5.16 Å². The van der Waals surface area contributed by atoms with Crippen molar-refractivity contribution < 1.29 is 14.7 Å². The Balaban J connectivity index is 1.88. The van der Waals surface area contributed by atoms with Gasteiger partial charge in [0.25, 0.3) is 0 Å². The highest BCUT2D eigenvalue weighted by Crippen LogP contribution is 2.15. The number of ether oxygens (including phenoxy) is 1. The Kier molecular flexibility index (Phi) is 5.15. The van der Waals surface area contributed by atoms with Gasteiger partial charge in [-0.3, -0.25) is 0 Å². The Labute approximate surface area is 118 Å². The topological polar surface area (TPSA) is 51.0 Å². The minimum absolute atomic E-state index is 0.107. The van der Waals surface area contributed by atoms with E-state index in [4.69, 9.17) is 9.57 Å². The van der Waals surface area contributed by atoms with Crippen molar-refractivity contribution in [3.63, 3.8) is 0 Å². The van der Waals surface area contributed by atoms with Crippen LogP contribution in [0.4, 0.5) is 0 Å². The Morgan fingerprint density at radius 2 is 1.80 bits per heavy atom. The lowest BCUT2D eigenvalue weighted by molar-refractivity contribution is 0.0401. The van der Waals surface area contributed by atoms with E-state index in [-0.39, 0.29) is 6.61 Å². The lowest BCUT2D eigenvalue weighted by Gasteiger charge is -2.09. The standard InChI is InChI=1S/C16H17NO3/c1-19-16-10-6-5-9-14(16)11-17-20-12-15(18)13-7-3-2-4-8-13/h2-11,15,18H,12H2,1H3/b17-11+/t15-/m0/s1. The van der Waals surface area contributed by atoms with Crippen molar-refractivity contribution in [1.29, 1.82) is 0 Å². The minimum Gasteiger partial charge on any atom is -0.496 e. The average Bonchev–Trinajstić information content (AvgIpc) is 2.52. The second-order valence-electron chi connectivity index (χ2n) is 4.20. The molecule has 4 nitrogen and oxygen atoms in total. The number of nitrogens with zero attached hydrogens (tertiary/aromatic N) is 1. The van der Waals surface area contributed by atoms with E-state index in [1.165, 1.54) is 0 Å². The summed E-state index contributed by atoms with van der Waals surface area (Å²) in [6.45, 7) is 0.107. The van der Waals surface area contributed by atoms with Gasteiger partial charge >= 0.3 is 0 Å². The molecular formula is C16H17NO3. The van der Waals surface area contributed by atoms with E-state index in [1.807, 2.05) is 54.6 Å². The highest BCUT2D eigenvalue weighted by Gasteiger charge is 2.06. The smallest absolute Gasteiger partial charge is 0.147 e. The molecule has 0 aliphatic carbocycles. The van der Waals surface area contributed by atoms with Crippen LogP contribution in [-0.4, -0.2) is 25.0 Å². The molecule has 104 valence electrons. The zero-order chi connectivity index (χ0) is 14.2. The Morgan fingerprint density at radius 1 is 1.10 bits per heavy atom. The van der Waals surface area contributed by atoms with Crippen molar-refractivity contribution in [3.05, 3.63) is 65.7 Å². The number of rotatable bonds is 6. The third-order valence-corrected chi connectivity index (χ3v) is 2.82. The van der Waals surface area contributed by atoms with Gasteiger partial charge in [-0.2, -0.15) is 0 Å². The maximum Gasteiger partial charge on any atom is 0.147 e. The molecule has 1 N–H and O–H groups in total. The first-order chi connectivity index (χ1) is 9.81. The van der Waals surface area contributed by atoms with Gasteiger partial charge in [-0.1, -0.05) is 47.6 Å². The Bertz CT molecular complexity index is 555. The molecule has 2 aromatic carbocycles. The lowest BCUT2D eigenvalue weighted by atomic mass is 10.1. The largest absolute Gasteiger partial charge is 0.496 e. The van der Waals surface area contributed by atoms with Crippen LogP contribution in [0.3, 0.4) is 0 Å². The van der Waals surface area contributed by atoms with Gasteiger partial charge in [0, 0.05) is 5.56 Å². The quantitative estimate of drug-likeness (QED) is 0.649. The number of hydrogen-bond donors (Lipinski definition) is 1. The van der Waals surface area contributed by atoms with Gasteiger partial charge in [-0.15, -0.1) is 0 Å². The molecule has 4 heteroatoms. The van der Waals surface area contributed by atoms with Gasteiger partial charge in [0.05, 0.1) is 13.3 Å². The normalized spacial score (nSPS) is 12.3. The summed E-state index contributed by atoms with van der Waals surface area (Å²) in [6.07, 6.45) is 0.877. The lowest BCUT2D eigenvalue weighted by Crippen LogP contribution is -2.04. The molecule has 0 amide bonds. The van der Waals surface area contributed by atoms with Crippen LogP contribution in [0.2, 0.25) is 0 Å². The van der Waals surface area contributed by atoms with Crippen LogP contribution in [0, 0.1) is 0 Å². The minimum atomic E-state index is -0.689. The van der Waals surface area contributed by atoms with Crippen molar-refractivity contribution >= 4 is 6.21 Å². The molecule has 20 heavy (non-hydrogen) atoms. The van der Waals surface area contributed by atoms with Crippen LogP contribution >= 0.6 is 0 Å². The number of aliphatic hydroxyl groups excluding tert-OH is 1. The third kappa shape index (κ3) is 3.83. The molecule has 0 saturated carbocycles. The van der Waals surface area contributed by atoms with E-state index >= 15 is 0 Å². The molecule has 0 aromatic heterocycles. The summed E-state index contributed by atoms with van der Waals surface area (Å²) in [6, 6.07) is 16.8. The molecule has 0 spiro atoms. The molecule has 1 atom stereocenters. The number of aliphatic hydroxyl groups is 1. The first-order valence-electron chi connectivity index (χ1n) is 6.32. The van der Waals surface area contributed by atoms with Gasteiger partial charge in [-0.05, 0) is 17.7 Å². The molecule has 0 fully saturated rings. The van der Waals surface area contributed by atoms with E-state index in [1.54, 1.807) is 13.3 Å². The maximum atomic E-state index is 9.89. The first kappa shape index (κ1) is 14.1.